The minimum Gasteiger partial charge on any atom is -0.493 e. The van der Waals surface area contributed by atoms with Crippen molar-refractivity contribution in [3.05, 3.63) is 41.3 Å². The summed E-state index contributed by atoms with van der Waals surface area (Å²) in [7, 11) is 6.60. The summed E-state index contributed by atoms with van der Waals surface area (Å²) < 4.78 is 22.2. The van der Waals surface area contributed by atoms with E-state index in [2.05, 4.69) is 26.6 Å². The van der Waals surface area contributed by atoms with E-state index in [1.165, 1.54) is 12.8 Å². The van der Waals surface area contributed by atoms with Gasteiger partial charge in [0.1, 0.15) is 11.5 Å². The molecule has 1 aliphatic heterocycles. The van der Waals surface area contributed by atoms with E-state index >= 15 is 0 Å². The third kappa shape index (κ3) is 6.44. The molecule has 0 saturated carbocycles. The molecule has 1 fully saturated rings. The van der Waals surface area contributed by atoms with E-state index in [4.69, 9.17) is 18.6 Å². The molecule has 1 aromatic carbocycles. The Morgan fingerprint density at radius 3 is 2.22 bits per heavy atom. The average Bonchev–Trinajstić information content (AvgIpc) is 3.47. The molecule has 0 bridgehead atoms. The first-order chi connectivity index (χ1) is 15.1. The average molecular weight is 558 g/mol. The molecule has 9 heteroatoms. The SMILES string of the molecule is CN=C(NCc1cc(OC)c(OC)c(OC)c1)NCC(c1ccc(C)o1)N1CCCC1.I. The topological polar surface area (TPSA) is 80.5 Å². The number of guanidine groups is 1. The van der Waals surface area contributed by atoms with Gasteiger partial charge in [-0.15, -0.1) is 24.0 Å². The number of aliphatic imine (C=N–C) groups is 1. The zero-order chi connectivity index (χ0) is 22.2. The minimum atomic E-state index is 0. The van der Waals surface area contributed by atoms with Crippen molar-refractivity contribution in [2.45, 2.75) is 32.4 Å². The number of aryl methyl sites for hydroxylation is 1. The van der Waals surface area contributed by atoms with Gasteiger partial charge in [0.2, 0.25) is 5.75 Å². The molecule has 2 aromatic rings. The fourth-order valence-corrected chi connectivity index (χ4v) is 3.93. The van der Waals surface area contributed by atoms with Crippen LogP contribution in [0.5, 0.6) is 17.2 Å². The van der Waals surface area contributed by atoms with Crippen molar-refractivity contribution in [2.24, 2.45) is 4.99 Å². The molecule has 178 valence electrons. The van der Waals surface area contributed by atoms with E-state index in [1.807, 2.05) is 25.1 Å². The molecule has 1 saturated heterocycles. The van der Waals surface area contributed by atoms with Crippen LogP contribution in [0.3, 0.4) is 0 Å². The van der Waals surface area contributed by atoms with Crippen LogP contribution >= 0.6 is 24.0 Å². The first-order valence-electron chi connectivity index (χ1n) is 10.6. The van der Waals surface area contributed by atoms with Gasteiger partial charge in [-0.25, -0.2) is 0 Å². The summed E-state index contributed by atoms with van der Waals surface area (Å²) in [5, 5.41) is 6.82. The third-order valence-corrected chi connectivity index (χ3v) is 5.54. The number of likely N-dealkylation sites (tertiary alicyclic amines) is 1. The Labute approximate surface area is 207 Å². The highest BCUT2D eigenvalue weighted by molar-refractivity contribution is 14.0. The zero-order valence-electron chi connectivity index (χ0n) is 19.6. The van der Waals surface area contributed by atoms with Crippen LogP contribution in [0.4, 0.5) is 0 Å². The normalized spacial score (nSPS) is 15.1. The van der Waals surface area contributed by atoms with Crippen molar-refractivity contribution >= 4 is 29.9 Å². The number of methoxy groups -OCH3 is 3. The Bertz CT molecular complexity index is 856. The van der Waals surface area contributed by atoms with Gasteiger partial charge in [-0.05, 0) is 62.7 Å². The van der Waals surface area contributed by atoms with E-state index in [0.717, 1.165) is 36.1 Å². The highest BCUT2D eigenvalue weighted by Crippen LogP contribution is 2.38. The first kappa shape index (κ1) is 26.1. The quantitative estimate of drug-likeness (QED) is 0.276. The van der Waals surface area contributed by atoms with Gasteiger partial charge < -0.3 is 29.3 Å². The maximum absolute atomic E-state index is 5.94. The predicted molar refractivity (Wildman–Crippen MR) is 137 cm³/mol. The lowest BCUT2D eigenvalue weighted by atomic mass is 10.1. The van der Waals surface area contributed by atoms with Crippen LogP contribution < -0.4 is 24.8 Å². The van der Waals surface area contributed by atoms with Crippen molar-refractivity contribution < 1.29 is 18.6 Å². The Kier molecular flexibility index (Phi) is 10.4. The number of nitrogens with one attached hydrogen (secondary N) is 2. The molecule has 8 nitrogen and oxygen atoms in total. The molecule has 1 atom stereocenters. The van der Waals surface area contributed by atoms with Gasteiger partial charge in [0.15, 0.2) is 17.5 Å². The summed E-state index contributed by atoms with van der Waals surface area (Å²) in [6, 6.07) is 8.14. The molecular weight excluding hydrogens is 523 g/mol. The Hall–Kier alpha value is -2.14. The third-order valence-electron chi connectivity index (χ3n) is 5.54. The van der Waals surface area contributed by atoms with Crippen LogP contribution in [0.2, 0.25) is 0 Å². The highest BCUT2D eigenvalue weighted by Gasteiger charge is 2.26. The summed E-state index contributed by atoms with van der Waals surface area (Å²) in [6.45, 7) is 5.43. The molecule has 0 amide bonds. The monoisotopic (exact) mass is 558 g/mol. The lowest BCUT2D eigenvalue weighted by molar-refractivity contribution is 0.213. The van der Waals surface area contributed by atoms with Gasteiger partial charge in [0.05, 0.1) is 27.4 Å². The van der Waals surface area contributed by atoms with Crippen molar-refractivity contribution in [2.75, 3.05) is 48.0 Å². The lowest BCUT2D eigenvalue weighted by Gasteiger charge is -2.27. The standard InChI is InChI=1S/C23H34N4O4.HI/c1-16-8-9-19(31-16)18(27-10-6-7-11-27)15-26-23(24-2)25-14-17-12-20(28-3)22(30-5)21(13-17)29-4;/h8-9,12-13,18H,6-7,10-11,14-15H2,1-5H3,(H2,24,25,26);1H. The Morgan fingerprint density at radius 2 is 1.72 bits per heavy atom. The Morgan fingerprint density at radius 1 is 1.06 bits per heavy atom. The van der Waals surface area contributed by atoms with E-state index in [-0.39, 0.29) is 30.0 Å². The summed E-state index contributed by atoms with van der Waals surface area (Å²) in [5.74, 6) is 4.49. The maximum Gasteiger partial charge on any atom is 0.203 e. The van der Waals surface area contributed by atoms with Gasteiger partial charge in [-0.3, -0.25) is 9.89 Å². The molecule has 1 aliphatic rings. The first-order valence-corrected chi connectivity index (χ1v) is 10.6. The van der Waals surface area contributed by atoms with Gasteiger partial charge in [0.25, 0.3) is 0 Å². The summed E-state index contributed by atoms with van der Waals surface area (Å²) in [6.07, 6.45) is 2.45. The number of ether oxygens (including phenoxy) is 3. The number of nitrogens with zero attached hydrogens (tertiary/aromatic N) is 2. The number of hydrogen-bond donors (Lipinski definition) is 2. The van der Waals surface area contributed by atoms with Crippen LogP contribution in [-0.4, -0.2) is 58.9 Å². The summed E-state index contributed by atoms with van der Waals surface area (Å²) in [4.78, 5) is 6.85. The second kappa shape index (κ2) is 12.8. The maximum atomic E-state index is 5.94. The van der Waals surface area contributed by atoms with Crippen molar-refractivity contribution in [3.8, 4) is 17.2 Å². The Balaban J connectivity index is 0.00000363. The molecule has 3 rings (SSSR count). The summed E-state index contributed by atoms with van der Waals surface area (Å²) in [5.41, 5.74) is 0.996. The van der Waals surface area contributed by atoms with Crippen LogP contribution in [0, 0.1) is 6.92 Å². The number of furan rings is 1. The van der Waals surface area contributed by atoms with Gasteiger partial charge in [-0.2, -0.15) is 0 Å². The largest absolute Gasteiger partial charge is 0.493 e. The predicted octanol–water partition coefficient (Wildman–Crippen LogP) is 3.73. The molecular formula is C23H35IN4O4. The fourth-order valence-electron chi connectivity index (χ4n) is 3.93. The minimum absolute atomic E-state index is 0. The van der Waals surface area contributed by atoms with Crippen LogP contribution in [0.1, 0.15) is 36.0 Å². The number of rotatable bonds is 9. The molecule has 2 N–H and O–H groups in total. The smallest absolute Gasteiger partial charge is 0.203 e. The second-order valence-electron chi connectivity index (χ2n) is 7.55. The molecule has 1 aromatic heterocycles. The second-order valence-corrected chi connectivity index (χ2v) is 7.55. The number of hydrogen-bond acceptors (Lipinski definition) is 6. The molecule has 0 radical (unpaired) electrons. The summed E-state index contributed by atoms with van der Waals surface area (Å²) >= 11 is 0. The van der Waals surface area contributed by atoms with Gasteiger partial charge in [0, 0.05) is 20.1 Å². The number of benzene rings is 1. The van der Waals surface area contributed by atoms with E-state index in [1.54, 1.807) is 28.4 Å². The van der Waals surface area contributed by atoms with E-state index in [0.29, 0.717) is 30.3 Å². The van der Waals surface area contributed by atoms with Crippen molar-refractivity contribution in [1.29, 1.82) is 0 Å². The fraction of sp³-hybridized carbons (Fsp3) is 0.522. The molecule has 2 heterocycles. The van der Waals surface area contributed by atoms with Gasteiger partial charge >= 0.3 is 0 Å². The van der Waals surface area contributed by atoms with Crippen LogP contribution in [0.25, 0.3) is 0 Å². The number of halogens is 1. The van der Waals surface area contributed by atoms with E-state index < -0.39 is 0 Å². The van der Waals surface area contributed by atoms with Crippen molar-refractivity contribution in [1.82, 2.24) is 15.5 Å². The molecule has 32 heavy (non-hydrogen) atoms. The van der Waals surface area contributed by atoms with E-state index in [9.17, 15) is 0 Å². The molecule has 1 unspecified atom stereocenters. The molecule has 0 aliphatic carbocycles. The lowest BCUT2D eigenvalue weighted by Crippen LogP contribution is -2.42. The van der Waals surface area contributed by atoms with Gasteiger partial charge in [-0.1, -0.05) is 0 Å². The van der Waals surface area contributed by atoms with Crippen molar-refractivity contribution in [3.63, 3.8) is 0 Å². The van der Waals surface area contributed by atoms with Crippen LogP contribution in [-0.2, 0) is 6.54 Å². The molecule has 0 spiro atoms. The zero-order valence-corrected chi connectivity index (χ0v) is 21.9. The highest BCUT2D eigenvalue weighted by atomic mass is 127. The van der Waals surface area contributed by atoms with Crippen LogP contribution in [0.15, 0.2) is 33.7 Å².